The summed E-state index contributed by atoms with van der Waals surface area (Å²) in [5, 5.41) is 4.08. The van der Waals surface area contributed by atoms with E-state index in [-0.39, 0.29) is 6.04 Å². The van der Waals surface area contributed by atoms with Gasteiger partial charge in [0.25, 0.3) is 0 Å². The number of hydrogen-bond acceptors (Lipinski definition) is 3. The van der Waals surface area contributed by atoms with Gasteiger partial charge in [0.2, 0.25) is 0 Å². The van der Waals surface area contributed by atoms with Gasteiger partial charge < -0.3 is 14.8 Å². The first kappa shape index (κ1) is 15.7. The van der Waals surface area contributed by atoms with Gasteiger partial charge in [-0.3, -0.25) is 0 Å². The normalized spacial score (nSPS) is 12.0. The molecule has 0 radical (unpaired) electrons. The number of ether oxygens (including phenoxy) is 2. The summed E-state index contributed by atoms with van der Waals surface area (Å²) >= 11 is 6.26. The van der Waals surface area contributed by atoms with Gasteiger partial charge in [-0.15, -0.1) is 0 Å². The van der Waals surface area contributed by atoms with Crippen LogP contribution in [0.15, 0.2) is 36.4 Å². The van der Waals surface area contributed by atoms with E-state index in [1.54, 1.807) is 14.2 Å². The fourth-order valence-electron chi connectivity index (χ4n) is 2.56. The van der Waals surface area contributed by atoms with Crippen LogP contribution in [0.25, 0.3) is 0 Å². The minimum Gasteiger partial charge on any atom is -0.496 e. The molecular weight excluding hydrogens is 286 g/mol. The Labute approximate surface area is 130 Å². The molecular formula is C17H20ClNO2. The third kappa shape index (κ3) is 2.99. The van der Waals surface area contributed by atoms with Crippen LogP contribution in [0.4, 0.5) is 0 Å². The van der Waals surface area contributed by atoms with Crippen LogP contribution in [0.1, 0.15) is 22.7 Å². The molecule has 0 aliphatic rings. The molecule has 112 valence electrons. The Morgan fingerprint density at radius 1 is 1.00 bits per heavy atom. The van der Waals surface area contributed by atoms with Crippen molar-refractivity contribution in [2.75, 3.05) is 21.3 Å². The lowest BCUT2D eigenvalue weighted by atomic mass is 9.93. The fraction of sp³-hybridized carbons (Fsp3) is 0.294. The van der Waals surface area contributed by atoms with Gasteiger partial charge in [-0.1, -0.05) is 29.8 Å². The van der Waals surface area contributed by atoms with Crippen molar-refractivity contribution in [3.05, 3.63) is 58.1 Å². The third-order valence-corrected chi connectivity index (χ3v) is 4.07. The molecule has 1 unspecified atom stereocenters. The van der Waals surface area contributed by atoms with Crippen molar-refractivity contribution in [3.8, 4) is 11.5 Å². The summed E-state index contributed by atoms with van der Waals surface area (Å²) < 4.78 is 11.0. The molecule has 1 N–H and O–H groups in total. The SMILES string of the molecule is CNC(c1cccc(Cl)c1C)c1c(OC)cccc1OC. The van der Waals surface area contributed by atoms with Crippen LogP contribution in [-0.2, 0) is 0 Å². The molecule has 0 saturated heterocycles. The smallest absolute Gasteiger partial charge is 0.127 e. The Morgan fingerprint density at radius 3 is 2.10 bits per heavy atom. The van der Waals surface area contributed by atoms with E-state index in [4.69, 9.17) is 21.1 Å². The Bertz CT molecular complexity index is 606. The van der Waals surface area contributed by atoms with Crippen LogP contribution < -0.4 is 14.8 Å². The minimum atomic E-state index is -0.0604. The molecule has 0 aliphatic heterocycles. The number of halogens is 1. The second-order valence-corrected chi connectivity index (χ2v) is 5.16. The number of rotatable bonds is 5. The molecule has 21 heavy (non-hydrogen) atoms. The third-order valence-electron chi connectivity index (χ3n) is 3.66. The number of hydrogen-bond donors (Lipinski definition) is 1. The molecule has 0 heterocycles. The zero-order valence-corrected chi connectivity index (χ0v) is 13.5. The zero-order valence-electron chi connectivity index (χ0n) is 12.7. The highest BCUT2D eigenvalue weighted by atomic mass is 35.5. The first-order chi connectivity index (χ1) is 10.1. The van der Waals surface area contributed by atoms with Crippen molar-refractivity contribution in [2.45, 2.75) is 13.0 Å². The molecule has 0 bridgehead atoms. The van der Waals surface area contributed by atoms with Crippen molar-refractivity contribution in [2.24, 2.45) is 0 Å². The van der Waals surface area contributed by atoms with Gasteiger partial charge in [0, 0.05) is 5.02 Å². The predicted octanol–water partition coefficient (Wildman–Crippen LogP) is 3.97. The average molecular weight is 306 g/mol. The lowest BCUT2D eigenvalue weighted by molar-refractivity contribution is 0.378. The first-order valence-corrected chi connectivity index (χ1v) is 7.15. The standard InChI is InChI=1S/C17H20ClNO2/c1-11-12(7-5-8-13(11)18)17(19-2)16-14(20-3)9-6-10-15(16)21-4/h5-10,17,19H,1-4H3. The van der Waals surface area contributed by atoms with Crippen LogP contribution >= 0.6 is 11.6 Å². The van der Waals surface area contributed by atoms with Crippen molar-refractivity contribution in [3.63, 3.8) is 0 Å². The number of benzene rings is 2. The highest BCUT2D eigenvalue weighted by molar-refractivity contribution is 6.31. The molecule has 4 heteroatoms. The molecule has 2 rings (SSSR count). The van der Waals surface area contributed by atoms with Crippen LogP contribution in [-0.4, -0.2) is 21.3 Å². The molecule has 0 amide bonds. The summed E-state index contributed by atoms with van der Waals surface area (Å²) in [7, 11) is 5.24. The molecule has 0 aliphatic carbocycles. The molecule has 2 aromatic carbocycles. The van der Waals surface area contributed by atoms with E-state index in [0.29, 0.717) is 0 Å². The molecule has 1 atom stereocenters. The molecule has 3 nitrogen and oxygen atoms in total. The topological polar surface area (TPSA) is 30.5 Å². The Balaban J connectivity index is 2.64. The lowest BCUT2D eigenvalue weighted by Gasteiger charge is -2.24. The van der Waals surface area contributed by atoms with E-state index in [9.17, 15) is 0 Å². The Hall–Kier alpha value is -1.71. The minimum absolute atomic E-state index is 0.0604. The predicted molar refractivity (Wildman–Crippen MR) is 86.6 cm³/mol. The van der Waals surface area contributed by atoms with E-state index >= 15 is 0 Å². The Kier molecular flexibility index (Phi) is 5.10. The Morgan fingerprint density at radius 2 is 1.57 bits per heavy atom. The summed E-state index contributed by atoms with van der Waals surface area (Å²) in [6, 6.07) is 11.6. The van der Waals surface area contributed by atoms with Gasteiger partial charge in [-0.25, -0.2) is 0 Å². The summed E-state index contributed by atoms with van der Waals surface area (Å²) in [4.78, 5) is 0. The maximum Gasteiger partial charge on any atom is 0.127 e. The van der Waals surface area contributed by atoms with Gasteiger partial charge in [0.15, 0.2) is 0 Å². The second kappa shape index (κ2) is 6.83. The quantitative estimate of drug-likeness (QED) is 0.906. The van der Waals surface area contributed by atoms with Gasteiger partial charge >= 0.3 is 0 Å². The van der Waals surface area contributed by atoms with E-state index < -0.39 is 0 Å². The summed E-state index contributed by atoms with van der Waals surface area (Å²) in [5.41, 5.74) is 3.12. The summed E-state index contributed by atoms with van der Waals surface area (Å²) in [5.74, 6) is 1.57. The van der Waals surface area contributed by atoms with Crippen LogP contribution in [0.5, 0.6) is 11.5 Å². The number of methoxy groups -OCH3 is 2. The fourth-order valence-corrected chi connectivity index (χ4v) is 2.74. The number of nitrogens with one attached hydrogen (secondary N) is 1. The van der Waals surface area contributed by atoms with E-state index in [1.807, 2.05) is 44.3 Å². The second-order valence-electron chi connectivity index (χ2n) is 4.75. The average Bonchev–Trinajstić information content (AvgIpc) is 2.52. The molecule has 0 spiro atoms. The van der Waals surface area contributed by atoms with Crippen LogP contribution in [0.2, 0.25) is 5.02 Å². The zero-order chi connectivity index (χ0) is 15.4. The summed E-state index contributed by atoms with van der Waals surface area (Å²) in [6.07, 6.45) is 0. The van der Waals surface area contributed by atoms with E-state index in [2.05, 4.69) is 11.4 Å². The van der Waals surface area contributed by atoms with Crippen molar-refractivity contribution in [1.29, 1.82) is 0 Å². The maximum atomic E-state index is 6.26. The largest absolute Gasteiger partial charge is 0.496 e. The lowest BCUT2D eigenvalue weighted by Crippen LogP contribution is -2.20. The molecule has 0 saturated carbocycles. The molecule has 0 fully saturated rings. The first-order valence-electron chi connectivity index (χ1n) is 6.77. The van der Waals surface area contributed by atoms with E-state index in [0.717, 1.165) is 33.2 Å². The van der Waals surface area contributed by atoms with Gasteiger partial charge in [-0.05, 0) is 43.3 Å². The van der Waals surface area contributed by atoms with Gasteiger partial charge in [0.05, 0.1) is 25.8 Å². The van der Waals surface area contributed by atoms with Crippen LogP contribution in [0, 0.1) is 6.92 Å². The van der Waals surface area contributed by atoms with Crippen molar-refractivity contribution < 1.29 is 9.47 Å². The molecule has 2 aromatic rings. The summed E-state index contributed by atoms with van der Waals surface area (Å²) in [6.45, 7) is 2.02. The van der Waals surface area contributed by atoms with Gasteiger partial charge in [-0.2, -0.15) is 0 Å². The van der Waals surface area contributed by atoms with Gasteiger partial charge in [0.1, 0.15) is 11.5 Å². The highest BCUT2D eigenvalue weighted by Crippen LogP contribution is 2.39. The van der Waals surface area contributed by atoms with Crippen molar-refractivity contribution >= 4 is 11.6 Å². The highest BCUT2D eigenvalue weighted by Gasteiger charge is 2.23. The van der Waals surface area contributed by atoms with Crippen molar-refractivity contribution in [1.82, 2.24) is 5.32 Å². The van der Waals surface area contributed by atoms with E-state index in [1.165, 1.54) is 0 Å². The maximum absolute atomic E-state index is 6.26. The molecule has 0 aromatic heterocycles. The monoisotopic (exact) mass is 305 g/mol. The van der Waals surface area contributed by atoms with Crippen LogP contribution in [0.3, 0.4) is 0 Å².